The number of hydrogen-bond donors (Lipinski definition) is 2. The van der Waals surface area contributed by atoms with Crippen molar-refractivity contribution < 1.29 is 9.59 Å². The van der Waals surface area contributed by atoms with Crippen molar-refractivity contribution in [1.82, 2.24) is 0 Å². The lowest BCUT2D eigenvalue weighted by atomic mass is 9.79. The monoisotopic (exact) mass is 364 g/mol. The Morgan fingerprint density at radius 3 is 2.64 bits per heavy atom. The van der Waals surface area contributed by atoms with Crippen LogP contribution in [0.15, 0.2) is 34.4 Å². The Morgan fingerprint density at radius 1 is 1.27 bits per heavy atom. The van der Waals surface area contributed by atoms with E-state index < -0.39 is 0 Å². The minimum atomic E-state index is -0.0509. The summed E-state index contributed by atoms with van der Waals surface area (Å²) in [6.07, 6.45) is 1.78. The number of amides is 1. The van der Waals surface area contributed by atoms with Crippen LogP contribution in [-0.2, 0) is 9.59 Å². The van der Waals surface area contributed by atoms with Gasteiger partial charge in [0.25, 0.3) is 0 Å². The molecular formula is C17H21BrN2O2. The lowest BCUT2D eigenvalue weighted by Crippen LogP contribution is -2.26. The summed E-state index contributed by atoms with van der Waals surface area (Å²) in [7, 11) is 0. The highest BCUT2D eigenvalue weighted by Gasteiger charge is 2.31. The van der Waals surface area contributed by atoms with Crippen LogP contribution in [0.1, 0.15) is 40.0 Å². The van der Waals surface area contributed by atoms with Gasteiger partial charge in [-0.25, -0.2) is 0 Å². The minimum Gasteiger partial charge on any atom is -0.358 e. The number of allylic oxidation sites excluding steroid dienone is 2. The van der Waals surface area contributed by atoms with Crippen LogP contribution in [0.3, 0.4) is 0 Å². The van der Waals surface area contributed by atoms with Crippen LogP contribution in [0.2, 0.25) is 0 Å². The van der Waals surface area contributed by atoms with Crippen molar-refractivity contribution in [3.63, 3.8) is 0 Å². The van der Waals surface area contributed by atoms with Gasteiger partial charge in [-0.05, 0) is 46.0 Å². The minimum absolute atomic E-state index is 0.0217. The molecule has 1 aromatic rings. The molecule has 1 aliphatic rings. The summed E-state index contributed by atoms with van der Waals surface area (Å²) in [6, 6.07) is 7.50. The summed E-state index contributed by atoms with van der Waals surface area (Å²) < 4.78 is 0.620. The molecule has 1 aromatic carbocycles. The van der Waals surface area contributed by atoms with E-state index in [9.17, 15) is 9.59 Å². The molecule has 5 heteroatoms. The van der Waals surface area contributed by atoms with Crippen molar-refractivity contribution in [2.75, 3.05) is 10.6 Å². The van der Waals surface area contributed by atoms with E-state index in [0.29, 0.717) is 17.3 Å². The van der Waals surface area contributed by atoms with E-state index in [-0.39, 0.29) is 17.1 Å². The average molecular weight is 365 g/mol. The molecule has 0 saturated carbocycles. The Balaban J connectivity index is 2.19. The summed E-state index contributed by atoms with van der Waals surface area (Å²) in [5.74, 6) is 0.0979. The first kappa shape index (κ1) is 16.7. The number of carbonyl (C=O) groups excluding carboxylic acids is 2. The van der Waals surface area contributed by atoms with Gasteiger partial charge in [-0.1, -0.05) is 26.8 Å². The zero-order valence-electron chi connectivity index (χ0n) is 13.1. The highest BCUT2D eigenvalue weighted by Crippen LogP contribution is 2.39. The third-order valence-corrected chi connectivity index (χ3v) is 4.49. The summed E-state index contributed by atoms with van der Waals surface area (Å²) >= 11 is 3.40. The fourth-order valence-electron chi connectivity index (χ4n) is 2.50. The molecule has 0 spiro atoms. The van der Waals surface area contributed by atoms with Crippen LogP contribution in [0.5, 0.6) is 0 Å². The average Bonchev–Trinajstić information content (AvgIpc) is 2.44. The van der Waals surface area contributed by atoms with Crippen LogP contribution in [0.4, 0.5) is 11.4 Å². The number of ketones is 1. The van der Waals surface area contributed by atoms with Crippen molar-refractivity contribution in [3.05, 3.63) is 34.4 Å². The molecule has 0 heterocycles. The van der Waals surface area contributed by atoms with Gasteiger partial charge in [0.15, 0.2) is 5.78 Å². The second-order valence-electron chi connectivity index (χ2n) is 6.34. The SMILES string of the molecule is CCC(=O)Nc1cccc(NC2=C(Br)C(=O)CC(C)(C)C2)c1. The van der Waals surface area contributed by atoms with Gasteiger partial charge in [-0.2, -0.15) is 0 Å². The molecule has 2 rings (SSSR count). The van der Waals surface area contributed by atoms with E-state index in [0.717, 1.165) is 23.5 Å². The highest BCUT2D eigenvalue weighted by molar-refractivity contribution is 9.12. The van der Waals surface area contributed by atoms with Gasteiger partial charge in [-0.15, -0.1) is 0 Å². The largest absolute Gasteiger partial charge is 0.358 e. The molecule has 1 amide bonds. The van der Waals surface area contributed by atoms with Crippen molar-refractivity contribution in [2.45, 2.75) is 40.0 Å². The number of rotatable bonds is 4. The predicted molar refractivity (Wildman–Crippen MR) is 93.0 cm³/mol. The van der Waals surface area contributed by atoms with E-state index in [1.807, 2.05) is 31.2 Å². The summed E-state index contributed by atoms with van der Waals surface area (Å²) in [6.45, 7) is 5.99. The number of benzene rings is 1. The number of anilines is 2. The molecule has 0 aliphatic heterocycles. The Labute approximate surface area is 139 Å². The molecule has 0 saturated heterocycles. The summed E-state index contributed by atoms with van der Waals surface area (Å²) in [5, 5.41) is 6.14. The van der Waals surface area contributed by atoms with Gasteiger partial charge in [0.2, 0.25) is 5.91 Å². The molecule has 4 nitrogen and oxygen atoms in total. The zero-order valence-corrected chi connectivity index (χ0v) is 14.7. The zero-order chi connectivity index (χ0) is 16.3. The Morgan fingerprint density at radius 2 is 1.95 bits per heavy atom. The van der Waals surface area contributed by atoms with E-state index >= 15 is 0 Å². The summed E-state index contributed by atoms with van der Waals surface area (Å²) in [5.41, 5.74) is 2.44. The Kier molecular flexibility index (Phi) is 5.06. The van der Waals surface area contributed by atoms with Crippen LogP contribution >= 0.6 is 15.9 Å². The van der Waals surface area contributed by atoms with Crippen LogP contribution in [-0.4, -0.2) is 11.7 Å². The Bertz CT molecular complexity index is 635. The van der Waals surface area contributed by atoms with Gasteiger partial charge in [0, 0.05) is 29.9 Å². The smallest absolute Gasteiger partial charge is 0.224 e. The molecular weight excluding hydrogens is 344 g/mol. The van der Waals surface area contributed by atoms with Crippen molar-refractivity contribution in [2.24, 2.45) is 5.41 Å². The normalized spacial score (nSPS) is 17.4. The fourth-order valence-corrected chi connectivity index (χ4v) is 2.88. The lowest BCUT2D eigenvalue weighted by molar-refractivity contribution is -0.117. The lowest BCUT2D eigenvalue weighted by Gasteiger charge is -2.31. The van der Waals surface area contributed by atoms with Crippen molar-refractivity contribution >= 4 is 39.0 Å². The van der Waals surface area contributed by atoms with Crippen LogP contribution in [0, 0.1) is 5.41 Å². The maximum Gasteiger partial charge on any atom is 0.224 e. The standard InChI is InChI=1S/C17H21BrN2O2/c1-4-15(22)20-12-7-5-6-11(8-12)19-13-9-17(2,3)10-14(21)16(13)18/h5-8,19H,4,9-10H2,1-3H3,(H,20,22). The molecule has 0 radical (unpaired) electrons. The molecule has 0 bridgehead atoms. The van der Waals surface area contributed by atoms with E-state index in [2.05, 4.69) is 40.4 Å². The molecule has 1 aliphatic carbocycles. The van der Waals surface area contributed by atoms with E-state index in [1.54, 1.807) is 0 Å². The first-order chi connectivity index (χ1) is 10.3. The molecule has 0 fully saturated rings. The summed E-state index contributed by atoms with van der Waals surface area (Å²) in [4.78, 5) is 23.5. The number of hydrogen-bond acceptors (Lipinski definition) is 3. The topological polar surface area (TPSA) is 58.2 Å². The van der Waals surface area contributed by atoms with Gasteiger partial charge in [-0.3, -0.25) is 9.59 Å². The number of Topliss-reactive ketones (excluding diaryl/α,β-unsaturated/α-hetero) is 1. The molecule has 0 unspecified atom stereocenters. The number of halogens is 1. The third-order valence-electron chi connectivity index (χ3n) is 3.57. The highest BCUT2D eigenvalue weighted by atomic mass is 79.9. The fraction of sp³-hybridized carbons (Fsp3) is 0.412. The maximum absolute atomic E-state index is 12.1. The molecule has 0 atom stereocenters. The third kappa shape index (κ3) is 4.19. The molecule has 118 valence electrons. The molecule has 0 aromatic heterocycles. The van der Waals surface area contributed by atoms with Crippen molar-refractivity contribution in [1.29, 1.82) is 0 Å². The number of carbonyl (C=O) groups is 2. The van der Waals surface area contributed by atoms with Gasteiger partial charge in [0.05, 0.1) is 4.48 Å². The second-order valence-corrected chi connectivity index (χ2v) is 7.13. The van der Waals surface area contributed by atoms with Gasteiger partial charge < -0.3 is 10.6 Å². The molecule has 22 heavy (non-hydrogen) atoms. The Hall–Kier alpha value is -1.62. The quantitative estimate of drug-likeness (QED) is 0.829. The second kappa shape index (κ2) is 6.65. The van der Waals surface area contributed by atoms with Gasteiger partial charge in [0.1, 0.15) is 0 Å². The predicted octanol–water partition coefficient (Wildman–Crippen LogP) is 4.44. The van der Waals surface area contributed by atoms with Crippen LogP contribution in [0.25, 0.3) is 0 Å². The first-order valence-corrected chi connectivity index (χ1v) is 8.19. The van der Waals surface area contributed by atoms with E-state index in [4.69, 9.17) is 0 Å². The van der Waals surface area contributed by atoms with Gasteiger partial charge >= 0.3 is 0 Å². The van der Waals surface area contributed by atoms with Crippen molar-refractivity contribution in [3.8, 4) is 0 Å². The molecule has 2 N–H and O–H groups in total. The first-order valence-electron chi connectivity index (χ1n) is 7.39. The van der Waals surface area contributed by atoms with Crippen LogP contribution < -0.4 is 10.6 Å². The maximum atomic E-state index is 12.1. The number of nitrogens with one attached hydrogen (secondary N) is 2. The van der Waals surface area contributed by atoms with E-state index in [1.165, 1.54) is 0 Å².